The topological polar surface area (TPSA) is 99.4 Å². The average molecular weight is 367 g/mol. The molecule has 1 aliphatic rings. The second-order valence-electron chi connectivity index (χ2n) is 5.90. The number of nitrogens with zero attached hydrogens (tertiary/aromatic N) is 5. The summed E-state index contributed by atoms with van der Waals surface area (Å²) < 4.78 is 39.4. The normalized spacial score (nSPS) is 18.9. The molecule has 0 spiro atoms. The van der Waals surface area contributed by atoms with Crippen LogP contribution < -0.4 is 9.47 Å². The number of rotatable bonds is 5. The molecule has 1 aliphatic heterocycles. The lowest BCUT2D eigenvalue weighted by atomic mass is 10.1. The van der Waals surface area contributed by atoms with Crippen LogP contribution in [0.25, 0.3) is 0 Å². The number of aromatic nitrogens is 4. The van der Waals surface area contributed by atoms with Crippen molar-refractivity contribution in [2.75, 3.05) is 20.2 Å². The van der Waals surface area contributed by atoms with Gasteiger partial charge in [0.1, 0.15) is 11.9 Å². The Morgan fingerprint density at radius 1 is 1.24 bits per heavy atom. The average Bonchev–Trinajstić information content (AvgIpc) is 2.96. The van der Waals surface area contributed by atoms with Crippen molar-refractivity contribution in [1.29, 1.82) is 0 Å². The Kier molecular flexibility index (Phi) is 4.91. The van der Waals surface area contributed by atoms with E-state index >= 15 is 0 Å². The van der Waals surface area contributed by atoms with Crippen LogP contribution in [0.2, 0.25) is 0 Å². The maximum absolute atomic E-state index is 12.8. The smallest absolute Gasteiger partial charge is 0.262 e. The van der Waals surface area contributed by atoms with Crippen LogP contribution in [-0.4, -0.2) is 58.8 Å². The lowest BCUT2D eigenvalue weighted by Crippen LogP contribution is -2.44. The van der Waals surface area contributed by atoms with E-state index in [4.69, 9.17) is 9.47 Å². The van der Waals surface area contributed by atoms with E-state index in [-0.39, 0.29) is 17.7 Å². The molecule has 0 saturated carbocycles. The van der Waals surface area contributed by atoms with Crippen molar-refractivity contribution in [1.82, 2.24) is 24.1 Å². The molecule has 3 rings (SSSR count). The van der Waals surface area contributed by atoms with Crippen molar-refractivity contribution >= 4 is 10.0 Å². The zero-order valence-electron chi connectivity index (χ0n) is 14.4. The minimum atomic E-state index is -3.63. The van der Waals surface area contributed by atoms with E-state index in [1.807, 2.05) is 0 Å². The first kappa shape index (κ1) is 17.6. The van der Waals surface area contributed by atoms with Gasteiger partial charge in [-0.25, -0.2) is 13.4 Å². The van der Waals surface area contributed by atoms with Gasteiger partial charge in [0.25, 0.3) is 10.0 Å². The van der Waals surface area contributed by atoms with Crippen LogP contribution in [0, 0.1) is 6.92 Å². The molecule has 0 amide bonds. The molecule has 2 aromatic rings. The molecule has 3 heterocycles. The Labute approximate surface area is 146 Å². The quantitative estimate of drug-likeness (QED) is 0.769. The maximum atomic E-state index is 12.8. The highest BCUT2D eigenvalue weighted by Gasteiger charge is 2.33. The first-order valence-corrected chi connectivity index (χ1v) is 9.38. The molecular formula is C15H21N5O4S. The minimum Gasteiger partial charge on any atom is -0.480 e. The fourth-order valence-electron chi connectivity index (χ4n) is 2.65. The molecule has 0 radical (unpaired) electrons. The Morgan fingerprint density at radius 2 is 1.96 bits per heavy atom. The van der Waals surface area contributed by atoms with Gasteiger partial charge in [-0.05, 0) is 19.8 Å². The lowest BCUT2D eigenvalue weighted by Gasteiger charge is -2.31. The molecule has 2 aromatic heterocycles. The van der Waals surface area contributed by atoms with Gasteiger partial charge in [-0.15, -0.1) is 10.2 Å². The predicted octanol–water partition coefficient (Wildman–Crippen LogP) is 0.759. The number of ether oxygens (including phenoxy) is 2. The molecule has 136 valence electrons. The van der Waals surface area contributed by atoms with Crippen molar-refractivity contribution in [2.45, 2.75) is 30.9 Å². The lowest BCUT2D eigenvalue weighted by molar-refractivity contribution is 0.123. The zero-order valence-corrected chi connectivity index (χ0v) is 15.2. The first-order chi connectivity index (χ1) is 11.9. The highest BCUT2D eigenvalue weighted by molar-refractivity contribution is 7.89. The summed E-state index contributed by atoms with van der Waals surface area (Å²) in [6, 6.07) is 3.30. The highest BCUT2D eigenvalue weighted by atomic mass is 32.2. The summed E-state index contributed by atoms with van der Waals surface area (Å²) in [6.07, 6.45) is 2.71. The highest BCUT2D eigenvalue weighted by Crippen LogP contribution is 2.23. The Bertz CT molecular complexity index is 815. The van der Waals surface area contributed by atoms with Crippen molar-refractivity contribution < 1.29 is 17.9 Å². The molecule has 1 saturated heterocycles. The van der Waals surface area contributed by atoms with Gasteiger partial charge in [-0.3, -0.25) is 0 Å². The number of hydrogen-bond acceptors (Lipinski definition) is 7. The van der Waals surface area contributed by atoms with Crippen LogP contribution in [0.4, 0.5) is 0 Å². The van der Waals surface area contributed by atoms with Gasteiger partial charge < -0.3 is 14.0 Å². The third kappa shape index (κ3) is 3.74. The van der Waals surface area contributed by atoms with Crippen LogP contribution in [0.5, 0.6) is 11.8 Å². The van der Waals surface area contributed by atoms with Crippen LogP contribution in [0.3, 0.4) is 0 Å². The molecule has 0 bridgehead atoms. The number of imidazole rings is 1. The van der Waals surface area contributed by atoms with Gasteiger partial charge in [0.2, 0.25) is 11.8 Å². The summed E-state index contributed by atoms with van der Waals surface area (Å²) in [4.78, 5) is 4.14. The molecular weight excluding hydrogens is 346 g/mol. The van der Waals surface area contributed by atoms with Crippen LogP contribution >= 0.6 is 0 Å². The Hall–Kier alpha value is -2.20. The van der Waals surface area contributed by atoms with Crippen molar-refractivity contribution in [3.63, 3.8) is 0 Å². The van der Waals surface area contributed by atoms with E-state index in [1.165, 1.54) is 17.6 Å². The second kappa shape index (κ2) is 6.96. The van der Waals surface area contributed by atoms with Crippen molar-refractivity contribution in [3.8, 4) is 11.8 Å². The summed E-state index contributed by atoms with van der Waals surface area (Å²) >= 11 is 0. The standard InChI is InChI=1S/C15H21N5O4S/c1-11-16-15(10-19(11)2)25(21,22)20-8-4-5-12(9-20)24-14-7-6-13(23-3)17-18-14/h6-7,10,12H,4-5,8-9H2,1-3H3. The number of methoxy groups -OCH3 is 1. The van der Waals surface area contributed by atoms with Crippen LogP contribution in [-0.2, 0) is 17.1 Å². The maximum Gasteiger partial charge on any atom is 0.262 e. The summed E-state index contributed by atoms with van der Waals surface area (Å²) in [5, 5.41) is 7.84. The zero-order chi connectivity index (χ0) is 18.0. The molecule has 1 atom stereocenters. The van der Waals surface area contributed by atoms with Gasteiger partial charge in [-0.1, -0.05) is 0 Å². The number of hydrogen-bond donors (Lipinski definition) is 0. The van der Waals surface area contributed by atoms with E-state index < -0.39 is 10.0 Å². The first-order valence-electron chi connectivity index (χ1n) is 7.94. The molecule has 1 fully saturated rings. The Balaban J connectivity index is 1.71. The van der Waals surface area contributed by atoms with E-state index in [1.54, 1.807) is 30.7 Å². The molecule has 0 aliphatic carbocycles. The van der Waals surface area contributed by atoms with E-state index in [2.05, 4.69) is 15.2 Å². The Morgan fingerprint density at radius 3 is 2.56 bits per heavy atom. The third-order valence-electron chi connectivity index (χ3n) is 4.14. The van der Waals surface area contributed by atoms with Crippen LogP contribution in [0.1, 0.15) is 18.7 Å². The van der Waals surface area contributed by atoms with Crippen LogP contribution in [0.15, 0.2) is 23.4 Å². The van der Waals surface area contributed by atoms with Gasteiger partial charge in [0.05, 0.1) is 13.7 Å². The molecule has 0 N–H and O–H groups in total. The summed E-state index contributed by atoms with van der Waals surface area (Å²) in [6.45, 7) is 2.47. The predicted molar refractivity (Wildman–Crippen MR) is 88.9 cm³/mol. The van der Waals surface area contributed by atoms with Gasteiger partial charge in [0.15, 0.2) is 5.03 Å². The molecule has 9 nitrogen and oxygen atoms in total. The summed E-state index contributed by atoms with van der Waals surface area (Å²) in [5.74, 6) is 1.39. The van der Waals surface area contributed by atoms with Crippen molar-refractivity contribution in [3.05, 3.63) is 24.2 Å². The van der Waals surface area contributed by atoms with E-state index in [0.29, 0.717) is 30.5 Å². The molecule has 25 heavy (non-hydrogen) atoms. The number of aryl methyl sites for hydroxylation is 2. The monoisotopic (exact) mass is 367 g/mol. The fraction of sp³-hybridized carbons (Fsp3) is 0.533. The van der Waals surface area contributed by atoms with Gasteiger partial charge in [0, 0.05) is 31.9 Å². The van der Waals surface area contributed by atoms with E-state index in [9.17, 15) is 8.42 Å². The molecule has 0 aromatic carbocycles. The SMILES string of the molecule is COc1ccc(OC2CCCN(S(=O)(=O)c3cn(C)c(C)n3)C2)nn1. The third-order valence-corrected chi connectivity index (χ3v) is 5.88. The number of sulfonamides is 1. The largest absolute Gasteiger partial charge is 0.480 e. The minimum absolute atomic E-state index is 0.0670. The summed E-state index contributed by atoms with van der Waals surface area (Å²) in [5.41, 5.74) is 0. The fourth-order valence-corrected chi connectivity index (χ4v) is 4.19. The molecule has 1 unspecified atom stereocenters. The van der Waals surface area contributed by atoms with Crippen molar-refractivity contribution in [2.24, 2.45) is 7.05 Å². The molecule has 10 heteroatoms. The van der Waals surface area contributed by atoms with Gasteiger partial charge in [-0.2, -0.15) is 4.31 Å². The van der Waals surface area contributed by atoms with E-state index in [0.717, 1.165) is 6.42 Å². The van der Waals surface area contributed by atoms with Gasteiger partial charge >= 0.3 is 0 Å². The second-order valence-corrected chi connectivity index (χ2v) is 7.78. The summed E-state index contributed by atoms with van der Waals surface area (Å²) in [7, 11) is -0.357. The number of piperidine rings is 1.